The zero-order valence-electron chi connectivity index (χ0n) is 44.7. The predicted molar refractivity (Wildman–Crippen MR) is 289 cm³/mol. The van der Waals surface area contributed by atoms with E-state index in [0.717, 1.165) is 96.3 Å². The van der Waals surface area contributed by atoms with Crippen LogP contribution in [-0.4, -0.2) is 37.2 Å². The van der Waals surface area contributed by atoms with Crippen LogP contribution >= 0.6 is 0 Å². The van der Waals surface area contributed by atoms with E-state index in [9.17, 15) is 14.4 Å². The molecule has 0 saturated carbocycles. The van der Waals surface area contributed by atoms with Gasteiger partial charge in [-0.1, -0.05) is 236 Å². The lowest BCUT2D eigenvalue weighted by molar-refractivity contribution is -0.167. The van der Waals surface area contributed by atoms with Gasteiger partial charge in [0.25, 0.3) is 0 Å². The number of allylic oxidation sites excluding steroid dienone is 8. The number of carbonyl (C=O) groups excluding carboxylic acids is 3. The third kappa shape index (κ3) is 54.2. The summed E-state index contributed by atoms with van der Waals surface area (Å²) in [7, 11) is 0. The number of esters is 3. The number of ether oxygens (including phenoxy) is 3. The van der Waals surface area contributed by atoms with Crippen LogP contribution in [0.1, 0.15) is 303 Å². The molecule has 0 aliphatic heterocycles. The van der Waals surface area contributed by atoms with Crippen molar-refractivity contribution in [2.45, 2.75) is 309 Å². The van der Waals surface area contributed by atoms with Crippen molar-refractivity contribution in [3.63, 3.8) is 0 Å². The highest BCUT2D eigenvalue weighted by molar-refractivity contribution is 5.71. The Kier molecular flexibility index (Phi) is 53.8. The summed E-state index contributed by atoms with van der Waals surface area (Å²) in [4.78, 5) is 38.1. The van der Waals surface area contributed by atoms with E-state index < -0.39 is 6.10 Å². The van der Waals surface area contributed by atoms with Gasteiger partial charge in [-0.15, -0.1) is 0 Å². The molecule has 0 rings (SSSR count). The van der Waals surface area contributed by atoms with E-state index in [1.54, 1.807) is 0 Å². The molecule has 6 heteroatoms. The molecule has 0 aromatic rings. The van der Waals surface area contributed by atoms with E-state index in [0.29, 0.717) is 19.3 Å². The fraction of sp³-hybridized carbons (Fsp3) is 0.820. The van der Waals surface area contributed by atoms with Crippen molar-refractivity contribution >= 4 is 17.9 Å². The largest absolute Gasteiger partial charge is 0.462 e. The fourth-order valence-electron chi connectivity index (χ4n) is 8.41. The summed E-state index contributed by atoms with van der Waals surface area (Å²) in [5.74, 6) is -0.897. The third-order valence-corrected chi connectivity index (χ3v) is 12.8. The summed E-state index contributed by atoms with van der Waals surface area (Å²) < 4.78 is 16.8. The van der Waals surface area contributed by atoms with E-state index in [1.165, 1.54) is 167 Å². The molecular weight excluding hydrogens is 829 g/mol. The average molecular weight is 940 g/mol. The van der Waals surface area contributed by atoms with Crippen molar-refractivity contribution in [3.05, 3.63) is 48.6 Å². The summed E-state index contributed by atoms with van der Waals surface area (Å²) in [6.45, 7) is 6.54. The molecule has 0 saturated heterocycles. The number of hydrogen-bond acceptors (Lipinski definition) is 6. The zero-order valence-corrected chi connectivity index (χ0v) is 44.7. The first-order valence-corrected chi connectivity index (χ1v) is 29.1. The lowest BCUT2D eigenvalue weighted by Gasteiger charge is -2.18. The molecule has 0 aliphatic rings. The van der Waals surface area contributed by atoms with Gasteiger partial charge in [-0.25, -0.2) is 0 Å². The second-order valence-electron chi connectivity index (χ2n) is 19.5. The molecule has 0 aliphatic carbocycles. The van der Waals surface area contributed by atoms with Gasteiger partial charge in [-0.05, 0) is 96.3 Å². The molecule has 0 heterocycles. The molecule has 390 valence electrons. The highest BCUT2D eigenvalue weighted by Gasteiger charge is 2.19. The topological polar surface area (TPSA) is 78.9 Å². The Hall–Kier alpha value is -2.63. The van der Waals surface area contributed by atoms with Gasteiger partial charge in [0.2, 0.25) is 0 Å². The molecule has 0 fully saturated rings. The van der Waals surface area contributed by atoms with E-state index in [-0.39, 0.29) is 31.1 Å². The molecule has 0 aromatic heterocycles. The van der Waals surface area contributed by atoms with Crippen LogP contribution in [0.25, 0.3) is 0 Å². The minimum absolute atomic E-state index is 0.0819. The number of unbranched alkanes of at least 4 members (excludes halogenated alkanes) is 34. The van der Waals surface area contributed by atoms with Gasteiger partial charge in [-0.2, -0.15) is 0 Å². The normalized spacial score (nSPS) is 12.3. The highest BCUT2D eigenvalue weighted by Crippen LogP contribution is 2.16. The number of hydrogen-bond donors (Lipinski definition) is 0. The first kappa shape index (κ1) is 64.4. The maximum atomic E-state index is 12.8. The Morgan fingerprint density at radius 3 is 0.910 bits per heavy atom. The van der Waals surface area contributed by atoms with Crippen molar-refractivity contribution in [2.75, 3.05) is 13.2 Å². The van der Waals surface area contributed by atoms with Crippen LogP contribution in [0.5, 0.6) is 0 Å². The molecule has 0 bridgehead atoms. The van der Waals surface area contributed by atoms with Crippen LogP contribution in [0.2, 0.25) is 0 Å². The van der Waals surface area contributed by atoms with Gasteiger partial charge in [0, 0.05) is 19.3 Å². The van der Waals surface area contributed by atoms with Crippen molar-refractivity contribution in [3.8, 4) is 0 Å². The first-order chi connectivity index (χ1) is 33.0. The van der Waals surface area contributed by atoms with Crippen molar-refractivity contribution < 1.29 is 28.6 Å². The van der Waals surface area contributed by atoms with Crippen LogP contribution < -0.4 is 0 Å². The van der Waals surface area contributed by atoms with Gasteiger partial charge in [-0.3, -0.25) is 14.4 Å². The molecule has 1 unspecified atom stereocenters. The summed E-state index contributed by atoms with van der Waals surface area (Å²) >= 11 is 0. The van der Waals surface area contributed by atoms with E-state index in [4.69, 9.17) is 14.2 Å². The molecule has 67 heavy (non-hydrogen) atoms. The van der Waals surface area contributed by atoms with Gasteiger partial charge in [0.05, 0.1) is 0 Å². The van der Waals surface area contributed by atoms with Crippen LogP contribution in [0.4, 0.5) is 0 Å². The molecular formula is C61H110O6. The lowest BCUT2D eigenvalue weighted by Crippen LogP contribution is -2.30. The Balaban J connectivity index is 4.34. The van der Waals surface area contributed by atoms with Crippen LogP contribution in [-0.2, 0) is 28.6 Å². The van der Waals surface area contributed by atoms with Gasteiger partial charge >= 0.3 is 17.9 Å². The van der Waals surface area contributed by atoms with Crippen molar-refractivity contribution in [1.29, 1.82) is 0 Å². The Morgan fingerprint density at radius 1 is 0.313 bits per heavy atom. The molecule has 0 spiro atoms. The lowest BCUT2D eigenvalue weighted by atomic mass is 10.1. The summed E-state index contributed by atoms with van der Waals surface area (Å²) in [5, 5.41) is 0. The number of carbonyl (C=O) groups is 3. The van der Waals surface area contributed by atoms with E-state index >= 15 is 0 Å². The minimum atomic E-state index is -0.784. The van der Waals surface area contributed by atoms with Crippen LogP contribution in [0, 0.1) is 0 Å². The monoisotopic (exact) mass is 939 g/mol. The molecule has 1 atom stereocenters. The van der Waals surface area contributed by atoms with Gasteiger partial charge < -0.3 is 14.2 Å². The zero-order chi connectivity index (χ0) is 48.6. The van der Waals surface area contributed by atoms with Crippen molar-refractivity contribution in [2.24, 2.45) is 0 Å². The Bertz CT molecular complexity index is 1170. The molecule has 0 N–H and O–H groups in total. The third-order valence-electron chi connectivity index (χ3n) is 12.8. The maximum Gasteiger partial charge on any atom is 0.306 e. The fourth-order valence-corrected chi connectivity index (χ4v) is 8.41. The van der Waals surface area contributed by atoms with E-state index in [2.05, 4.69) is 69.4 Å². The maximum absolute atomic E-state index is 12.8. The average Bonchev–Trinajstić information content (AvgIpc) is 3.33. The number of rotatable bonds is 53. The molecule has 0 aromatic carbocycles. The SMILES string of the molecule is CC/C=C\C/C=C\CCCCCCCC(=O)OCC(COC(=O)CCCCCCCCC/C=C\CCCCCCCCCC)OC(=O)CCCCCCC/C=C\CCCCCCCCCCC. The predicted octanol–water partition coefficient (Wildman–Crippen LogP) is 19.4. The standard InChI is InChI=1S/C61H110O6/c1-4-7-10-13-16-19-22-25-27-29-31-33-34-36-39-42-45-48-51-54-60(63)66-57-58(56-65-59(62)53-50-47-44-41-38-24-21-18-15-12-9-6-3)67-61(64)55-52-49-46-43-40-37-35-32-30-28-26-23-20-17-14-11-8-5-2/h9,12,18,21,29,31-32,35,58H,4-8,10-11,13-17,19-20,22-28,30,33-34,36-57H2,1-3H3/b12-9-,21-18-,31-29-,35-32-. The first-order valence-electron chi connectivity index (χ1n) is 29.1. The smallest absolute Gasteiger partial charge is 0.306 e. The quantitative estimate of drug-likeness (QED) is 0.0262. The summed E-state index contributed by atoms with van der Waals surface area (Å²) in [5.41, 5.74) is 0. The van der Waals surface area contributed by atoms with Gasteiger partial charge in [0.15, 0.2) is 6.10 Å². The minimum Gasteiger partial charge on any atom is -0.462 e. The van der Waals surface area contributed by atoms with Crippen LogP contribution in [0.15, 0.2) is 48.6 Å². The molecule has 0 amide bonds. The molecule has 0 radical (unpaired) electrons. The summed E-state index contributed by atoms with van der Waals surface area (Å²) in [6, 6.07) is 0. The Morgan fingerprint density at radius 2 is 0.582 bits per heavy atom. The summed E-state index contributed by atoms with van der Waals surface area (Å²) in [6.07, 6.45) is 68.2. The molecule has 6 nitrogen and oxygen atoms in total. The van der Waals surface area contributed by atoms with Gasteiger partial charge in [0.1, 0.15) is 13.2 Å². The van der Waals surface area contributed by atoms with Crippen molar-refractivity contribution in [1.82, 2.24) is 0 Å². The second-order valence-corrected chi connectivity index (χ2v) is 19.5. The second kappa shape index (κ2) is 56.0. The van der Waals surface area contributed by atoms with E-state index in [1.807, 2.05) is 0 Å². The Labute approximate surface area is 416 Å². The highest BCUT2D eigenvalue weighted by atomic mass is 16.6. The van der Waals surface area contributed by atoms with Crippen LogP contribution in [0.3, 0.4) is 0 Å².